The summed E-state index contributed by atoms with van der Waals surface area (Å²) in [5.74, 6) is -0.0141. The largest absolute Gasteiger partial charge is 0.349 e. The van der Waals surface area contributed by atoms with Gasteiger partial charge in [-0.3, -0.25) is 9.78 Å². The Morgan fingerprint density at radius 2 is 1.83 bits per heavy atom. The molecule has 3 amide bonds. The van der Waals surface area contributed by atoms with Gasteiger partial charge in [-0.1, -0.05) is 24.3 Å². The SMILES string of the molecule is CN(C)C(=O)Cc1ccccc1NC(=O)NCCc1ccccn1. The lowest BCUT2D eigenvalue weighted by Crippen LogP contribution is -2.31. The van der Waals surface area contributed by atoms with E-state index in [1.165, 1.54) is 4.90 Å². The predicted octanol–water partition coefficient (Wildman–Crippen LogP) is 2.08. The fourth-order valence-electron chi connectivity index (χ4n) is 2.13. The summed E-state index contributed by atoms with van der Waals surface area (Å²) in [5.41, 5.74) is 2.36. The van der Waals surface area contributed by atoms with Crippen LogP contribution in [0.25, 0.3) is 0 Å². The molecule has 2 N–H and O–H groups in total. The lowest BCUT2D eigenvalue weighted by Gasteiger charge is -2.14. The molecule has 0 fully saturated rings. The molecule has 1 aromatic heterocycles. The maximum absolute atomic E-state index is 12.0. The van der Waals surface area contributed by atoms with Crippen molar-refractivity contribution in [3.05, 3.63) is 59.9 Å². The molecule has 0 radical (unpaired) electrons. The number of urea groups is 1. The van der Waals surface area contributed by atoms with E-state index >= 15 is 0 Å². The Labute approximate surface area is 141 Å². The number of carbonyl (C=O) groups is 2. The molecule has 0 aliphatic heterocycles. The van der Waals surface area contributed by atoms with Crippen molar-refractivity contribution in [2.24, 2.45) is 0 Å². The van der Waals surface area contributed by atoms with E-state index < -0.39 is 0 Å². The molecular formula is C18H22N4O2. The number of anilines is 1. The van der Waals surface area contributed by atoms with Crippen molar-refractivity contribution < 1.29 is 9.59 Å². The predicted molar refractivity (Wildman–Crippen MR) is 93.8 cm³/mol. The molecule has 1 heterocycles. The van der Waals surface area contributed by atoms with Gasteiger partial charge in [-0.2, -0.15) is 0 Å². The molecule has 0 aliphatic carbocycles. The lowest BCUT2D eigenvalue weighted by atomic mass is 10.1. The monoisotopic (exact) mass is 326 g/mol. The van der Waals surface area contributed by atoms with Crippen molar-refractivity contribution in [3.63, 3.8) is 0 Å². The molecule has 24 heavy (non-hydrogen) atoms. The van der Waals surface area contributed by atoms with Crippen LogP contribution < -0.4 is 10.6 Å². The highest BCUT2D eigenvalue weighted by atomic mass is 16.2. The van der Waals surface area contributed by atoms with E-state index in [0.29, 0.717) is 18.7 Å². The Balaban J connectivity index is 1.88. The number of pyridine rings is 1. The van der Waals surface area contributed by atoms with Crippen LogP contribution in [0.4, 0.5) is 10.5 Å². The van der Waals surface area contributed by atoms with Crippen molar-refractivity contribution in [2.45, 2.75) is 12.8 Å². The number of hydrogen-bond donors (Lipinski definition) is 2. The second-order valence-corrected chi connectivity index (χ2v) is 5.57. The number of para-hydroxylation sites is 1. The number of benzene rings is 1. The molecule has 0 unspecified atom stereocenters. The average molecular weight is 326 g/mol. The second kappa shape index (κ2) is 8.67. The van der Waals surface area contributed by atoms with Crippen LogP contribution in [-0.4, -0.2) is 42.5 Å². The number of hydrogen-bond acceptors (Lipinski definition) is 3. The summed E-state index contributed by atoms with van der Waals surface area (Å²) >= 11 is 0. The molecule has 6 heteroatoms. The zero-order valence-corrected chi connectivity index (χ0v) is 14.0. The van der Waals surface area contributed by atoms with Crippen LogP contribution in [0, 0.1) is 0 Å². The molecule has 0 spiro atoms. The first kappa shape index (κ1) is 17.5. The van der Waals surface area contributed by atoms with Crippen molar-refractivity contribution in [1.29, 1.82) is 0 Å². The number of nitrogens with zero attached hydrogens (tertiary/aromatic N) is 2. The van der Waals surface area contributed by atoms with E-state index in [0.717, 1.165) is 11.3 Å². The summed E-state index contributed by atoms with van der Waals surface area (Å²) in [6.07, 6.45) is 2.64. The van der Waals surface area contributed by atoms with Crippen LogP contribution in [0.5, 0.6) is 0 Å². The first-order chi connectivity index (χ1) is 11.6. The number of amides is 3. The highest BCUT2D eigenvalue weighted by Gasteiger charge is 2.11. The van der Waals surface area contributed by atoms with Crippen LogP contribution in [-0.2, 0) is 17.6 Å². The third kappa shape index (κ3) is 5.39. The molecule has 0 bridgehead atoms. The topological polar surface area (TPSA) is 74.3 Å². The van der Waals surface area contributed by atoms with Gasteiger partial charge in [0.25, 0.3) is 0 Å². The number of carbonyl (C=O) groups excluding carboxylic acids is 2. The van der Waals surface area contributed by atoms with Gasteiger partial charge in [0, 0.05) is 44.6 Å². The van der Waals surface area contributed by atoms with Gasteiger partial charge in [0.05, 0.1) is 6.42 Å². The van der Waals surface area contributed by atoms with Crippen molar-refractivity contribution in [2.75, 3.05) is 26.0 Å². The zero-order chi connectivity index (χ0) is 17.4. The summed E-state index contributed by atoms with van der Waals surface area (Å²) in [6.45, 7) is 0.488. The van der Waals surface area contributed by atoms with Gasteiger partial charge >= 0.3 is 6.03 Å². The first-order valence-corrected chi connectivity index (χ1v) is 7.79. The van der Waals surface area contributed by atoms with Crippen LogP contribution in [0.2, 0.25) is 0 Å². The molecule has 0 saturated heterocycles. The third-order valence-electron chi connectivity index (χ3n) is 3.50. The number of aromatic nitrogens is 1. The van der Waals surface area contributed by atoms with Crippen molar-refractivity contribution >= 4 is 17.6 Å². The number of rotatable bonds is 6. The molecular weight excluding hydrogens is 304 g/mol. The van der Waals surface area contributed by atoms with Gasteiger partial charge in [-0.25, -0.2) is 4.79 Å². The second-order valence-electron chi connectivity index (χ2n) is 5.57. The van der Waals surface area contributed by atoms with Gasteiger partial charge in [-0.15, -0.1) is 0 Å². The fourth-order valence-corrected chi connectivity index (χ4v) is 2.13. The van der Waals surface area contributed by atoms with E-state index in [9.17, 15) is 9.59 Å². The van der Waals surface area contributed by atoms with Gasteiger partial charge < -0.3 is 15.5 Å². The van der Waals surface area contributed by atoms with Crippen LogP contribution in [0.1, 0.15) is 11.3 Å². The summed E-state index contributed by atoms with van der Waals surface area (Å²) in [4.78, 5) is 29.6. The Kier molecular flexibility index (Phi) is 6.31. The summed E-state index contributed by atoms with van der Waals surface area (Å²) in [6, 6.07) is 12.7. The van der Waals surface area contributed by atoms with E-state index in [1.54, 1.807) is 26.4 Å². The average Bonchev–Trinajstić information content (AvgIpc) is 2.57. The molecule has 2 aromatic rings. The van der Waals surface area contributed by atoms with E-state index in [1.807, 2.05) is 36.4 Å². The summed E-state index contributed by atoms with van der Waals surface area (Å²) in [5, 5.41) is 5.60. The fraction of sp³-hybridized carbons (Fsp3) is 0.278. The third-order valence-corrected chi connectivity index (χ3v) is 3.50. The molecule has 0 saturated carbocycles. The number of likely N-dealkylation sites (N-methyl/N-ethyl adjacent to an activating group) is 1. The van der Waals surface area contributed by atoms with Crippen LogP contribution in [0.15, 0.2) is 48.7 Å². The Morgan fingerprint density at radius 3 is 2.54 bits per heavy atom. The minimum absolute atomic E-state index is 0.0141. The molecule has 1 aromatic carbocycles. The molecule has 0 aliphatic rings. The first-order valence-electron chi connectivity index (χ1n) is 7.79. The standard InChI is InChI=1S/C18H22N4O2/c1-22(2)17(23)13-14-7-3-4-9-16(14)21-18(24)20-12-10-15-8-5-6-11-19-15/h3-9,11H,10,12-13H2,1-2H3,(H2,20,21,24). The normalized spacial score (nSPS) is 10.1. The molecule has 2 rings (SSSR count). The summed E-state index contributed by atoms with van der Waals surface area (Å²) in [7, 11) is 3.42. The van der Waals surface area contributed by atoms with Gasteiger partial charge in [-0.05, 0) is 23.8 Å². The minimum atomic E-state index is -0.296. The molecule has 6 nitrogen and oxygen atoms in total. The van der Waals surface area contributed by atoms with Crippen LogP contribution in [0.3, 0.4) is 0 Å². The van der Waals surface area contributed by atoms with Crippen LogP contribution >= 0.6 is 0 Å². The van der Waals surface area contributed by atoms with E-state index in [-0.39, 0.29) is 18.4 Å². The Morgan fingerprint density at radius 1 is 1.08 bits per heavy atom. The maximum atomic E-state index is 12.0. The Bertz CT molecular complexity index is 686. The minimum Gasteiger partial charge on any atom is -0.349 e. The lowest BCUT2D eigenvalue weighted by molar-refractivity contribution is -0.127. The smallest absolute Gasteiger partial charge is 0.319 e. The summed E-state index contributed by atoms with van der Waals surface area (Å²) < 4.78 is 0. The van der Waals surface area contributed by atoms with Gasteiger partial charge in [0.1, 0.15) is 0 Å². The zero-order valence-electron chi connectivity index (χ0n) is 14.0. The maximum Gasteiger partial charge on any atom is 0.319 e. The van der Waals surface area contributed by atoms with Crippen molar-refractivity contribution in [3.8, 4) is 0 Å². The Hall–Kier alpha value is -2.89. The highest BCUT2D eigenvalue weighted by Crippen LogP contribution is 2.16. The molecule has 0 atom stereocenters. The van der Waals surface area contributed by atoms with Gasteiger partial charge in [0.2, 0.25) is 5.91 Å². The number of nitrogens with one attached hydrogen (secondary N) is 2. The highest BCUT2D eigenvalue weighted by molar-refractivity contribution is 5.91. The van der Waals surface area contributed by atoms with Crippen molar-refractivity contribution in [1.82, 2.24) is 15.2 Å². The van der Waals surface area contributed by atoms with Gasteiger partial charge in [0.15, 0.2) is 0 Å². The molecule has 126 valence electrons. The quantitative estimate of drug-likeness (QED) is 0.853. The van der Waals surface area contributed by atoms with E-state index in [2.05, 4.69) is 15.6 Å². The van der Waals surface area contributed by atoms with E-state index in [4.69, 9.17) is 0 Å².